The summed E-state index contributed by atoms with van der Waals surface area (Å²) in [6.45, 7) is 1.92. The van der Waals surface area contributed by atoms with Crippen molar-refractivity contribution in [3.63, 3.8) is 0 Å². The number of hydrogen-bond donors (Lipinski definition) is 0. The highest BCUT2D eigenvalue weighted by Gasteiger charge is 2.20. The van der Waals surface area contributed by atoms with Crippen LogP contribution in [0.5, 0.6) is 0 Å². The van der Waals surface area contributed by atoms with E-state index in [4.69, 9.17) is 0 Å². The maximum absolute atomic E-state index is 12.2. The number of halogens is 1. The van der Waals surface area contributed by atoms with Gasteiger partial charge in [-0.1, -0.05) is 6.92 Å². The third-order valence-electron chi connectivity index (χ3n) is 2.44. The molecule has 0 aliphatic heterocycles. The molecule has 2 aromatic heterocycles. The molecule has 2 nitrogen and oxygen atoms in total. The topological polar surface area (TPSA) is 30.0 Å². The van der Waals surface area contributed by atoms with Gasteiger partial charge in [0.1, 0.15) is 0 Å². The summed E-state index contributed by atoms with van der Waals surface area (Å²) in [7, 11) is 0. The molecule has 82 valence electrons. The van der Waals surface area contributed by atoms with Crippen LogP contribution in [0.3, 0.4) is 0 Å². The number of pyridine rings is 1. The van der Waals surface area contributed by atoms with Crippen LogP contribution < -0.4 is 0 Å². The number of carbonyl (C=O) groups excluding carboxylic acids is 1. The van der Waals surface area contributed by atoms with Gasteiger partial charge in [-0.05, 0) is 45.1 Å². The van der Waals surface area contributed by atoms with Crippen LogP contribution in [-0.4, -0.2) is 10.8 Å². The normalized spacial score (nSPS) is 12.4. The summed E-state index contributed by atoms with van der Waals surface area (Å²) in [6, 6.07) is 5.66. The van der Waals surface area contributed by atoms with E-state index in [-0.39, 0.29) is 11.7 Å². The number of thiophene rings is 1. The molecule has 0 saturated heterocycles. The molecule has 0 aliphatic carbocycles. The molecule has 2 heterocycles. The van der Waals surface area contributed by atoms with Gasteiger partial charge in [0.15, 0.2) is 5.78 Å². The van der Waals surface area contributed by atoms with Gasteiger partial charge in [-0.25, -0.2) is 0 Å². The first-order valence-electron chi connectivity index (χ1n) is 4.87. The first-order valence-corrected chi connectivity index (χ1v) is 6.54. The predicted molar refractivity (Wildman–Crippen MR) is 69.0 cm³/mol. The fraction of sp³-hybridized carbons (Fsp3) is 0.167. The van der Waals surface area contributed by atoms with Crippen molar-refractivity contribution in [2.45, 2.75) is 12.8 Å². The zero-order chi connectivity index (χ0) is 11.5. The molecule has 2 aromatic rings. The number of ketones is 1. The lowest BCUT2D eigenvalue weighted by Crippen LogP contribution is -2.08. The van der Waals surface area contributed by atoms with E-state index in [1.54, 1.807) is 12.4 Å². The Bertz CT molecular complexity index is 495. The fourth-order valence-electron chi connectivity index (χ4n) is 1.47. The highest BCUT2D eigenvalue weighted by atomic mass is 79.9. The second-order valence-corrected chi connectivity index (χ2v) is 5.23. The summed E-state index contributed by atoms with van der Waals surface area (Å²) in [6.07, 6.45) is 3.42. The van der Waals surface area contributed by atoms with Gasteiger partial charge in [0.2, 0.25) is 0 Å². The van der Waals surface area contributed by atoms with Crippen LogP contribution >= 0.6 is 27.3 Å². The van der Waals surface area contributed by atoms with Crippen LogP contribution in [0, 0.1) is 0 Å². The van der Waals surface area contributed by atoms with Crippen molar-refractivity contribution < 1.29 is 4.79 Å². The van der Waals surface area contributed by atoms with Gasteiger partial charge in [0.25, 0.3) is 0 Å². The standard InChI is InChI=1S/C12H10BrNOS/c1-8(9-2-5-14-6-3-9)11(15)12-10(13)4-7-16-12/h2-8H,1H3. The first-order chi connectivity index (χ1) is 7.70. The van der Waals surface area contributed by atoms with Crippen molar-refractivity contribution in [2.75, 3.05) is 0 Å². The molecular weight excluding hydrogens is 286 g/mol. The zero-order valence-corrected chi connectivity index (χ0v) is 11.1. The molecule has 0 spiro atoms. The minimum atomic E-state index is -0.127. The molecule has 1 atom stereocenters. The summed E-state index contributed by atoms with van der Waals surface area (Å²) >= 11 is 4.85. The van der Waals surface area contributed by atoms with Gasteiger partial charge in [0, 0.05) is 22.8 Å². The fourth-order valence-corrected chi connectivity index (χ4v) is 3.07. The summed E-state index contributed by atoms with van der Waals surface area (Å²) in [5.41, 5.74) is 1.00. The summed E-state index contributed by atoms with van der Waals surface area (Å²) in [5, 5.41) is 1.91. The van der Waals surface area contributed by atoms with Crippen LogP contribution in [0.15, 0.2) is 40.4 Å². The van der Waals surface area contributed by atoms with Crippen molar-refractivity contribution in [1.82, 2.24) is 4.98 Å². The number of rotatable bonds is 3. The average Bonchev–Trinajstić information content (AvgIpc) is 2.75. The van der Waals surface area contributed by atoms with E-state index in [9.17, 15) is 4.79 Å². The molecular formula is C12H10BrNOS. The molecule has 0 saturated carbocycles. The molecule has 16 heavy (non-hydrogen) atoms. The number of nitrogens with zero attached hydrogens (tertiary/aromatic N) is 1. The Morgan fingerprint density at radius 2 is 2.06 bits per heavy atom. The van der Waals surface area contributed by atoms with Crippen LogP contribution in [0.25, 0.3) is 0 Å². The summed E-state index contributed by atoms with van der Waals surface area (Å²) in [5.74, 6) is 0.0195. The molecule has 0 aliphatic rings. The second kappa shape index (κ2) is 4.89. The monoisotopic (exact) mass is 295 g/mol. The van der Waals surface area contributed by atoms with Crippen LogP contribution in [-0.2, 0) is 0 Å². The van der Waals surface area contributed by atoms with Crippen molar-refractivity contribution in [1.29, 1.82) is 0 Å². The van der Waals surface area contributed by atoms with E-state index in [0.29, 0.717) is 0 Å². The van der Waals surface area contributed by atoms with Crippen molar-refractivity contribution in [3.8, 4) is 0 Å². The third-order valence-corrected chi connectivity index (χ3v) is 4.29. The number of aromatic nitrogens is 1. The van der Waals surface area contributed by atoms with Gasteiger partial charge >= 0.3 is 0 Å². The summed E-state index contributed by atoms with van der Waals surface area (Å²) in [4.78, 5) is 16.9. The Hall–Kier alpha value is -1.00. The van der Waals surface area contributed by atoms with Crippen LogP contribution in [0.4, 0.5) is 0 Å². The lowest BCUT2D eigenvalue weighted by Gasteiger charge is -2.09. The molecule has 1 unspecified atom stereocenters. The Balaban J connectivity index is 2.27. The minimum Gasteiger partial charge on any atom is -0.293 e. The molecule has 2 rings (SSSR count). The Morgan fingerprint density at radius 1 is 1.38 bits per heavy atom. The molecule has 0 aromatic carbocycles. The molecule has 4 heteroatoms. The van der Waals surface area contributed by atoms with Crippen molar-refractivity contribution >= 4 is 33.0 Å². The highest BCUT2D eigenvalue weighted by Crippen LogP contribution is 2.28. The SMILES string of the molecule is CC(C(=O)c1sccc1Br)c1ccncc1. The Kier molecular flexibility index (Phi) is 3.51. The zero-order valence-electron chi connectivity index (χ0n) is 8.68. The van der Waals surface area contributed by atoms with E-state index in [0.717, 1.165) is 14.9 Å². The lowest BCUT2D eigenvalue weighted by molar-refractivity contribution is 0.0969. The van der Waals surface area contributed by atoms with Gasteiger partial charge < -0.3 is 0 Å². The van der Waals surface area contributed by atoms with Gasteiger partial charge in [-0.2, -0.15) is 0 Å². The number of carbonyl (C=O) groups is 1. The van der Waals surface area contributed by atoms with E-state index >= 15 is 0 Å². The summed E-state index contributed by atoms with van der Waals surface area (Å²) < 4.78 is 0.878. The van der Waals surface area contributed by atoms with Crippen molar-refractivity contribution in [3.05, 3.63) is 50.9 Å². The smallest absolute Gasteiger partial charge is 0.181 e. The number of Topliss-reactive ketones (excluding diaryl/α,β-unsaturated/α-hetero) is 1. The van der Waals surface area contributed by atoms with Crippen molar-refractivity contribution in [2.24, 2.45) is 0 Å². The molecule has 0 amide bonds. The molecule has 0 bridgehead atoms. The quantitative estimate of drug-likeness (QED) is 0.804. The Morgan fingerprint density at radius 3 is 2.62 bits per heavy atom. The largest absolute Gasteiger partial charge is 0.293 e. The Labute approximate surface area is 106 Å². The maximum Gasteiger partial charge on any atom is 0.181 e. The predicted octanol–water partition coefficient (Wildman–Crippen LogP) is 3.89. The average molecular weight is 296 g/mol. The third kappa shape index (κ3) is 2.23. The van der Waals surface area contributed by atoms with Gasteiger partial charge in [0.05, 0.1) is 4.88 Å². The van der Waals surface area contributed by atoms with Crippen LogP contribution in [0.1, 0.15) is 28.1 Å². The minimum absolute atomic E-state index is 0.127. The molecule has 0 fully saturated rings. The molecule has 0 N–H and O–H groups in total. The van der Waals surface area contributed by atoms with Gasteiger partial charge in [-0.3, -0.25) is 9.78 Å². The van der Waals surface area contributed by atoms with E-state index in [1.165, 1.54) is 11.3 Å². The maximum atomic E-state index is 12.2. The number of hydrogen-bond acceptors (Lipinski definition) is 3. The first kappa shape index (κ1) is 11.5. The molecule has 0 radical (unpaired) electrons. The second-order valence-electron chi connectivity index (χ2n) is 3.46. The van der Waals surface area contributed by atoms with Gasteiger partial charge in [-0.15, -0.1) is 11.3 Å². The van der Waals surface area contributed by atoms with E-state index in [2.05, 4.69) is 20.9 Å². The van der Waals surface area contributed by atoms with Crippen LogP contribution in [0.2, 0.25) is 0 Å². The van der Waals surface area contributed by atoms with E-state index < -0.39 is 0 Å². The highest BCUT2D eigenvalue weighted by molar-refractivity contribution is 9.10. The van der Waals surface area contributed by atoms with E-state index in [1.807, 2.05) is 30.5 Å². The lowest BCUT2D eigenvalue weighted by atomic mass is 9.97.